The molecular formula is C11H11F3O3. The number of hydrogen-bond acceptors (Lipinski definition) is 3. The average Bonchev–Trinajstić information content (AvgIpc) is 2.20. The maximum atomic E-state index is 12.2. The second kappa shape index (κ2) is 4.65. The normalized spacial score (nSPS) is 11.5. The van der Waals surface area contributed by atoms with Crippen LogP contribution in [0.5, 0.6) is 11.5 Å². The first kappa shape index (κ1) is 13.3. The number of benzene rings is 1. The molecule has 1 aromatic rings. The van der Waals surface area contributed by atoms with Crippen LogP contribution in [0.1, 0.15) is 29.3 Å². The van der Waals surface area contributed by atoms with Crippen molar-refractivity contribution in [3.63, 3.8) is 0 Å². The van der Waals surface area contributed by atoms with Crippen molar-refractivity contribution in [3.8, 4) is 11.5 Å². The molecule has 0 bridgehead atoms. The molecule has 3 nitrogen and oxygen atoms in total. The zero-order valence-electron chi connectivity index (χ0n) is 9.01. The van der Waals surface area contributed by atoms with Gasteiger partial charge in [0.1, 0.15) is 11.5 Å². The number of aryl methyl sites for hydroxylation is 1. The third-order valence-electron chi connectivity index (χ3n) is 2.22. The molecule has 0 radical (unpaired) electrons. The number of Topliss-reactive ketones (excluding diaryl/α,β-unsaturated/α-hetero) is 1. The summed E-state index contributed by atoms with van der Waals surface area (Å²) in [5, 5.41) is 18.6. The van der Waals surface area contributed by atoms with E-state index >= 15 is 0 Å². The molecular weight excluding hydrogens is 237 g/mol. The van der Waals surface area contributed by atoms with Gasteiger partial charge in [-0.25, -0.2) is 0 Å². The van der Waals surface area contributed by atoms with Crippen molar-refractivity contribution in [2.24, 2.45) is 0 Å². The number of rotatable bonds is 3. The molecule has 0 amide bonds. The highest BCUT2D eigenvalue weighted by Gasteiger charge is 2.40. The van der Waals surface area contributed by atoms with Crippen LogP contribution in [0.3, 0.4) is 0 Å². The molecule has 0 spiro atoms. The van der Waals surface area contributed by atoms with Crippen LogP contribution < -0.4 is 0 Å². The number of aromatic hydroxyl groups is 2. The van der Waals surface area contributed by atoms with Gasteiger partial charge in [0.05, 0.1) is 5.56 Å². The summed E-state index contributed by atoms with van der Waals surface area (Å²) in [5.74, 6) is -3.31. The SMILES string of the molecule is CCCc1cc(C(=O)C(F)(F)F)c(O)cc1O. The van der Waals surface area contributed by atoms with Crippen LogP contribution in [0, 0.1) is 0 Å². The fourth-order valence-electron chi connectivity index (χ4n) is 1.43. The summed E-state index contributed by atoms with van der Waals surface area (Å²) in [5.41, 5.74) is -0.628. The van der Waals surface area contributed by atoms with Crippen molar-refractivity contribution in [2.45, 2.75) is 25.9 Å². The maximum absolute atomic E-state index is 12.2. The number of phenols is 2. The lowest BCUT2D eigenvalue weighted by Crippen LogP contribution is -2.23. The second-order valence-electron chi connectivity index (χ2n) is 3.57. The minimum Gasteiger partial charge on any atom is -0.508 e. The molecule has 0 unspecified atom stereocenters. The molecule has 0 fully saturated rings. The lowest BCUT2D eigenvalue weighted by atomic mass is 10.0. The van der Waals surface area contributed by atoms with E-state index in [4.69, 9.17) is 0 Å². The van der Waals surface area contributed by atoms with E-state index in [-0.39, 0.29) is 11.3 Å². The van der Waals surface area contributed by atoms with Gasteiger partial charge >= 0.3 is 6.18 Å². The highest BCUT2D eigenvalue weighted by Crippen LogP contribution is 2.32. The van der Waals surface area contributed by atoms with Crippen LogP contribution in [0.15, 0.2) is 12.1 Å². The van der Waals surface area contributed by atoms with Gasteiger partial charge in [-0.05, 0) is 18.1 Å². The van der Waals surface area contributed by atoms with Gasteiger partial charge in [-0.15, -0.1) is 0 Å². The van der Waals surface area contributed by atoms with E-state index in [2.05, 4.69) is 0 Å². The van der Waals surface area contributed by atoms with Crippen molar-refractivity contribution in [3.05, 3.63) is 23.3 Å². The number of phenolic OH excluding ortho intramolecular Hbond substituents is 2. The standard InChI is InChI=1S/C11H11F3O3/c1-2-3-6-4-7(9(16)5-8(6)15)10(17)11(12,13)14/h4-5,15-16H,2-3H2,1H3. The molecule has 1 rings (SSSR count). The van der Waals surface area contributed by atoms with Gasteiger partial charge in [0.2, 0.25) is 0 Å². The van der Waals surface area contributed by atoms with Gasteiger partial charge in [0.15, 0.2) is 0 Å². The topological polar surface area (TPSA) is 57.5 Å². The lowest BCUT2D eigenvalue weighted by molar-refractivity contribution is -0.0886. The van der Waals surface area contributed by atoms with E-state index in [0.717, 1.165) is 12.1 Å². The first-order valence-corrected chi connectivity index (χ1v) is 4.93. The van der Waals surface area contributed by atoms with Crippen molar-refractivity contribution in [2.75, 3.05) is 0 Å². The first-order valence-electron chi connectivity index (χ1n) is 4.93. The molecule has 94 valence electrons. The maximum Gasteiger partial charge on any atom is 0.455 e. The highest BCUT2D eigenvalue weighted by atomic mass is 19.4. The van der Waals surface area contributed by atoms with Gasteiger partial charge in [-0.3, -0.25) is 4.79 Å². The molecule has 1 aromatic carbocycles. The molecule has 6 heteroatoms. The smallest absolute Gasteiger partial charge is 0.455 e. The summed E-state index contributed by atoms with van der Waals surface area (Å²) in [7, 11) is 0. The first-order chi connectivity index (χ1) is 7.77. The van der Waals surface area contributed by atoms with Gasteiger partial charge < -0.3 is 10.2 Å². The van der Waals surface area contributed by atoms with Crippen LogP contribution in [0.25, 0.3) is 0 Å². The molecule has 0 aliphatic carbocycles. The van der Waals surface area contributed by atoms with Crippen LogP contribution in [-0.4, -0.2) is 22.2 Å². The van der Waals surface area contributed by atoms with E-state index in [1.165, 1.54) is 0 Å². The highest BCUT2D eigenvalue weighted by molar-refractivity contribution is 6.02. The van der Waals surface area contributed by atoms with E-state index in [0.29, 0.717) is 12.8 Å². The number of ketones is 1. The lowest BCUT2D eigenvalue weighted by Gasteiger charge is -2.10. The second-order valence-corrected chi connectivity index (χ2v) is 3.57. The van der Waals surface area contributed by atoms with E-state index < -0.39 is 23.3 Å². The monoisotopic (exact) mass is 248 g/mol. The Labute approximate surface area is 95.5 Å². The molecule has 0 heterocycles. The molecule has 0 atom stereocenters. The minimum atomic E-state index is -5.04. The number of carbonyl (C=O) groups excluding carboxylic acids is 1. The van der Waals surface area contributed by atoms with Crippen molar-refractivity contribution in [1.82, 2.24) is 0 Å². The van der Waals surface area contributed by atoms with Crippen molar-refractivity contribution in [1.29, 1.82) is 0 Å². The zero-order valence-corrected chi connectivity index (χ0v) is 9.01. The van der Waals surface area contributed by atoms with Crippen molar-refractivity contribution < 1.29 is 28.2 Å². The molecule has 0 aliphatic heterocycles. The Kier molecular flexibility index (Phi) is 3.65. The number of carbonyl (C=O) groups is 1. The number of alkyl halides is 3. The van der Waals surface area contributed by atoms with E-state index in [1.807, 2.05) is 0 Å². The van der Waals surface area contributed by atoms with Crippen LogP contribution >= 0.6 is 0 Å². The summed E-state index contributed by atoms with van der Waals surface area (Å²) >= 11 is 0. The minimum absolute atomic E-state index is 0.206. The summed E-state index contributed by atoms with van der Waals surface area (Å²) in [6.07, 6.45) is -4.12. The summed E-state index contributed by atoms with van der Waals surface area (Å²) in [6, 6.07) is 1.63. The Bertz CT molecular complexity index is 438. The Morgan fingerprint density at radius 1 is 1.24 bits per heavy atom. The predicted octanol–water partition coefficient (Wildman–Crippen LogP) is 2.80. The zero-order chi connectivity index (χ0) is 13.2. The van der Waals surface area contributed by atoms with Gasteiger partial charge in [-0.1, -0.05) is 13.3 Å². The molecule has 0 saturated carbocycles. The third kappa shape index (κ3) is 2.89. The molecule has 0 saturated heterocycles. The number of halogens is 3. The molecule has 2 N–H and O–H groups in total. The summed E-state index contributed by atoms with van der Waals surface area (Å²) in [6.45, 7) is 1.78. The fraction of sp³-hybridized carbons (Fsp3) is 0.364. The summed E-state index contributed by atoms with van der Waals surface area (Å²) < 4.78 is 36.6. The Morgan fingerprint density at radius 2 is 1.82 bits per heavy atom. The fourth-order valence-corrected chi connectivity index (χ4v) is 1.43. The van der Waals surface area contributed by atoms with Gasteiger partial charge in [-0.2, -0.15) is 13.2 Å². The van der Waals surface area contributed by atoms with Crippen LogP contribution in [0.4, 0.5) is 13.2 Å². The Morgan fingerprint density at radius 3 is 2.29 bits per heavy atom. The predicted molar refractivity (Wildman–Crippen MR) is 54.2 cm³/mol. The van der Waals surface area contributed by atoms with Crippen LogP contribution in [-0.2, 0) is 6.42 Å². The van der Waals surface area contributed by atoms with Crippen molar-refractivity contribution >= 4 is 5.78 Å². The van der Waals surface area contributed by atoms with Gasteiger partial charge in [0.25, 0.3) is 5.78 Å². The van der Waals surface area contributed by atoms with Gasteiger partial charge in [0, 0.05) is 6.07 Å². The molecule has 0 aliphatic rings. The third-order valence-corrected chi connectivity index (χ3v) is 2.22. The van der Waals surface area contributed by atoms with E-state index in [9.17, 15) is 28.2 Å². The molecule has 0 aromatic heterocycles. The van der Waals surface area contributed by atoms with Crippen LogP contribution in [0.2, 0.25) is 0 Å². The average molecular weight is 248 g/mol. The largest absolute Gasteiger partial charge is 0.508 e. The number of hydrogen-bond donors (Lipinski definition) is 2. The molecule has 17 heavy (non-hydrogen) atoms. The Balaban J connectivity index is 3.25. The summed E-state index contributed by atoms with van der Waals surface area (Å²) in [4.78, 5) is 11.0. The Hall–Kier alpha value is -1.72. The quantitative estimate of drug-likeness (QED) is 0.808. The van der Waals surface area contributed by atoms with E-state index in [1.54, 1.807) is 6.92 Å².